The minimum atomic E-state index is -4.41. The van der Waals surface area contributed by atoms with E-state index in [-0.39, 0.29) is 18.3 Å². The number of hydrogen-bond donors (Lipinski definition) is 0. The van der Waals surface area contributed by atoms with Crippen molar-refractivity contribution in [3.8, 4) is 11.6 Å². The molecule has 27 heavy (non-hydrogen) atoms. The molecular weight excluding hydrogens is 359 g/mol. The molecule has 0 unspecified atom stereocenters. The first kappa shape index (κ1) is 19.4. The molecule has 0 amide bonds. The van der Waals surface area contributed by atoms with Crippen LogP contribution < -0.4 is 9.47 Å². The smallest absolute Gasteiger partial charge is 0.419 e. The average molecular weight is 381 g/mol. The van der Waals surface area contributed by atoms with Crippen LogP contribution in [0, 0.1) is 5.92 Å². The maximum absolute atomic E-state index is 13.0. The van der Waals surface area contributed by atoms with E-state index in [1.54, 1.807) is 25.6 Å². The second kappa shape index (κ2) is 8.56. The lowest BCUT2D eigenvalue weighted by Gasteiger charge is -2.31. The Morgan fingerprint density at radius 2 is 1.81 bits per heavy atom. The summed E-state index contributed by atoms with van der Waals surface area (Å²) in [5, 5.41) is 0. The third-order valence-electron chi connectivity index (χ3n) is 4.68. The maximum atomic E-state index is 13.0. The van der Waals surface area contributed by atoms with Crippen LogP contribution in [0.5, 0.6) is 11.6 Å². The first-order valence-corrected chi connectivity index (χ1v) is 8.82. The second-order valence-electron chi connectivity index (χ2n) is 6.54. The molecule has 3 rings (SSSR count). The van der Waals surface area contributed by atoms with Gasteiger partial charge in [-0.1, -0.05) is 12.1 Å². The van der Waals surface area contributed by atoms with Crippen molar-refractivity contribution in [2.75, 3.05) is 26.8 Å². The zero-order chi connectivity index (χ0) is 19.3. The Morgan fingerprint density at radius 3 is 2.52 bits per heavy atom. The quantitative estimate of drug-likeness (QED) is 0.762. The van der Waals surface area contributed by atoms with E-state index < -0.39 is 11.7 Å². The van der Waals surface area contributed by atoms with E-state index in [0.29, 0.717) is 12.4 Å². The summed E-state index contributed by atoms with van der Waals surface area (Å²) < 4.78 is 49.8. The summed E-state index contributed by atoms with van der Waals surface area (Å²) in [6, 6.07) is 5.35. The third kappa shape index (κ3) is 5.09. The molecule has 1 aromatic carbocycles. The van der Waals surface area contributed by atoms with Crippen LogP contribution in [0.25, 0.3) is 0 Å². The number of likely N-dealkylation sites (tertiary alicyclic amines) is 1. The van der Waals surface area contributed by atoms with E-state index in [4.69, 9.17) is 9.47 Å². The summed E-state index contributed by atoms with van der Waals surface area (Å²) in [4.78, 5) is 10.7. The summed E-state index contributed by atoms with van der Waals surface area (Å²) in [7, 11) is 1.57. The van der Waals surface area contributed by atoms with Crippen molar-refractivity contribution in [2.45, 2.75) is 25.6 Å². The van der Waals surface area contributed by atoms with Crippen molar-refractivity contribution < 1.29 is 22.6 Å². The topological polar surface area (TPSA) is 47.5 Å². The molecule has 1 saturated heterocycles. The van der Waals surface area contributed by atoms with Crippen molar-refractivity contribution in [2.24, 2.45) is 5.92 Å². The van der Waals surface area contributed by atoms with Gasteiger partial charge < -0.3 is 9.47 Å². The monoisotopic (exact) mass is 381 g/mol. The molecule has 2 aromatic rings. The fourth-order valence-electron chi connectivity index (χ4n) is 3.19. The number of alkyl halides is 3. The number of nitrogens with zero attached hydrogens (tertiary/aromatic N) is 3. The molecule has 0 N–H and O–H groups in total. The van der Waals surface area contributed by atoms with Gasteiger partial charge in [-0.25, -0.2) is 4.98 Å². The van der Waals surface area contributed by atoms with Gasteiger partial charge in [0.15, 0.2) is 0 Å². The van der Waals surface area contributed by atoms with Crippen LogP contribution >= 0.6 is 0 Å². The molecule has 1 aliphatic heterocycles. The number of halogens is 3. The fraction of sp³-hybridized carbons (Fsp3) is 0.474. The lowest BCUT2D eigenvalue weighted by Crippen LogP contribution is -2.35. The van der Waals surface area contributed by atoms with Crippen LogP contribution in [0.3, 0.4) is 0 Å². The summed E-state index contributed by atoms with van der Waals surface area (Å²) in [5.41, 5.74) is 0.0611. The van der Waals surface area contributed by atoms with Gasteiger partial charge in [-0.3, -0.25) is 9.88 Å². The SMILES string of the molecule is COc1nccnc1CN1CCC(COc2ccccc2C(F)(F)F)CC1. The minimum Gasteiger partial charge on any atom is -0.493 e. The van der Waals surface area contributed by atoms with Crippen LogP contribution in [-0.4, -0.2) is 41.7 Å². The lowest BCUT2D eigenvalue weighted by atomic mass is 9.97. The second-order valence-corrected chi connectivity index (χ2v) is 6.54. The van der Waals surface area contributed by atoms with E-state index >= 15 is 0 Å². The number of ether oxygens (including phenoxy) is 2. The van der Waals surface area contributed by atoms with Gasteiger partial charge in [-0.05, 0) is 44.0 Å². The normalized spacial score (nSPS) is 16.3. The number of rotatable bonds is 6. The fourth-order valence-corrected chi connectivity index (χ4v) is 3.19. The number of benzene rings is 1. The molecule has 0 aliphatic carbocycles. The molecule has 0 saturated carbocycles. The number of aromatic nitrogens is 2. The largest absolute Gasteiger partial charge is 0.493 e. The molecule has 1 aliphatic rings. The lowest BCUT2D eigenvalue weighted by molar-refractivity contribution is -0.139. The first-order valence-electron chi connectivity index (χ1n) is 8.82. The number of para-hydroxylation sites is 1. The Kier molecular flexibility index (Phi) is 6.15. The van der Waals surface area contributed by atoms with Crippen LogP contribution in [0.1, 0.15) is 24.1 Å². The molecule has 146 valence electrons. The van der Waals surface area contributed by atoms with Crippen molar-refractivity contribution in [1.29, 1.82) is 0 Å². The van der Waals surface area contributed by atoms with E-state index in [9.17, 15) is 13.2 Å². The molecule has 0 spiro atoms. The highest BCUT2D eigenvalue weighted by molar-refractivity contribution is 5.35. The molecule has 0 radical (unpaired) electrons. The Morgan fingerprint density at radius 1 is 1.11 bits per heavy atom. The van der Waals surface area contributed by atoms with Crippen LogP contribution in [-0.2, 0) is 12.7 Å². The summed E-state index contributed by atoms with van der Waals surface area (Å²) in [6.45, 7) is 2.58. The molecule has 5 nitrogen and oxygen atoms in total. The van der Waals surface area contributed by atoms with Gasteiger partial charge in [0.2, 0.25) is 5.88 Å². The predicted octanol–water partition coefficient (Wildman–Crippen LogP) is 3.80. The Labute approximate surface area is 156 Å². The predicted molar refractivity (Wildman–Crippen MR) is 93.5 cm³/mol. The highest BCUT2D eigenvalue weighted by Crippen LogP contribution is 2.36. The van der Waals surface area contributed by atoms with Gasteiger partial charge in [0.25, 0.3) is 0 Å². The number of methoxy groups -OCH3 is 1. The Balaban J connectivity index is 1.51. The molecule has 8 heteroatoms. The van der Waals surface area contributed by atoms with Crippen LogP contribution in [0.15, 0.2) is 36.7 Å². The van der Waals surface area contributed by atoms with E-state index in [1.807, 2.05) is 0 Å². The van der Waals surface area contributed by atoms with Crippen molar-refractivity contribution in [3.05, 3.63) is 47.9 Å². The first-order chi connectivity index (χ1) is 13.0. The number of hydrogen-bond acceptors (Lipinski definition) is 5. The molecular formula is C19H22F3N3O2. The highest BCUT2D eigenvalue weighted by atomic mass is 19.4. The van der Waals surface area contributed by atoms with Crippen molar-refractivity contribution >= 4 is 0 Å². The van der Waals surface area contributed by atoms with Gasteiger partial charge in [-0.15, -0.1) is 0 Å². The van der Waals surface area contributed by atoms with E-state index in [0.717, 1.165) is 37.7 Å². The van der Waals surface area contributed by atoms with Gasteiger partial charge in [0.05, 0.1) is 19.3 Å². The van der Waals surface area contributed by atoms with Crippen molar-refractivity contribution in [3.63, 3.8) is 0 Å². The third-order valence-corrected chi connectivity index (χ3v) is 4.68. The molecule has 0 atom stereocenters. The molecule has 1 aromatic heterocycles. The maximum Gasteiger partial charge on any atom is 0.419 e. The standard InChI is InChI=1S/C19H22F3N3O2/c1-26-18-16(23-8-9-24-18)12-25-10-6-14(7-11-25)13-27-17-5-3-2-4-15(17)19(20,21)22/h2-5,8-9,14H,6-7,10-13H2,1H3. The minimum absolute atomic E-state index is 0.100. The summed E-state index contributed by atoms with van der Waals surface area (Å²) >= 11 is 0. The summed E-state index contributed by atoms with van der Waals surface area (Å²) in [6.07, 6.45) is 0.532. The summed E-state index contributed by atoms with van der Waals surface area (Å²) in [5.74, 6) is 0.648. The van der Waals surface area contributed by atoms with Crippen LogP contribution in [0.4, 0.5) is 13.2 Å². The van der Waals surface area contributed by atoms with Crippen molar-refractivity contribution in [1.82, 2.24) is 14.9 Å². The number of piperidine rings is 1. The molecule has 1 fully saturated rings. The van der Waals surface area contributed by atoms with E-state index in [1.165, 1.54) is 12.1 Å². The van der Waals surface area contributed by atoms with E-state index in [2.05, 4.69) is 14.9 Å². The average Bonchev–Trinajstić information content (AvgIpc) is 2.67. The molecule has 2 heterocycles. The Bertz CT molecular complexity index is 747. The van der Waals surface area contributed by atoms with Gasteiger partial charge >= 0.3 is 6.18 Å². The van der Waals surface area contributed by atoms with Crippen LogP contribution in [0.2, 0.25) is 0 Å². The van der Waals surface area contributed by atoms with Gasteiger partial charge in [0, 0.05) is 18.9 Å². The van der Waals surface area contributed by atoms with Gasteiger partial charge in [0.1, 0.15) is 11.4 Å². The zero-order valence-corrected chi connectivity index (χ0v) is 15.1. The molecule has 0 bridgehead atoms. The Hall–Kier alpha value is -2.35. The zero-order valence-electron chi connectivity index (χ0n) is 15.1. The van der Waals surface area contributed by atoms with Gasteiger partial charge in [-0.2, -0.15) is 13.2 Å². The highest BCUT2D eigenvalue weighted by Gasteiger charge is 2.34.